The van der Waals surface area contributed by atoms with Gasteiger partial charge in [-0.3, -0.25) is 9.48 Å². The lowest BCUT2D eigenvalue weighted by Crippen LogP contribution is -2.11. The monoisotopic (exact) mass is 473 g/mol. The molecule has 0 aliphatic heterocycles. The maximum Gasteiger partial charge on any atom is 0.265 e. The van der Waals surface area contributed by atoms with E-state index in [1.165, 1.54) is 16.9 Å². The summed E-state index contributed by atoms with van der Waals surface area (Å²) < 4.78 is 3.00. The molecule has 1 amide bonds. The Kier molecular flexibility index (Phi) is 4.78. The first kappa shape index (κ1) is 17.2. The first-order valence-corrected chi connectivity index (χ1v) is 10.1. The summed E-state index contributed by atoms with van der Waals surface area (Å²) in [6, 6.07) is 19.9. The summed E-state index contributed by atoms with van der Waals surface area (Å²) in [6.45, 7) is 2.68. The minimum atomic E-state index is -0.0824. The second-order valence-corrected chi connectivity index (χ2v) is 8.18. The van der Waals surface area contributed by atoms with Crippen LogP contribution in [0.15, 0.2) is 60.7 Å². The van der Waals surface area contributed by atoms with Crippen molar-refractivity contribution in [3.05, 3.63) is 80.4 Å². The number of hydrogen-bond acceptors (Lipinski definition) is 3. The number of nitrogens with zero attached hydrogens (tertiary/aromatic N) is 2. The van der Waals surface area contributed by atoms with Crippen LogP contribution in [0.4, 0.5) is 5.69 Å². The third-order valence-corrected chi connectivity index (χ3v) is 6.22. The number of para-hydroxylation sites is 1. The molecule has 0 bridgehead atoms. The molecule has 2 aromatic heterocycles. The summed E-state index contributed by atoms with van der Waals surface area (Å²) in [4.78, 5) is 14.4. The van der Waals surface area contributed by atoms with Crippen molar-refractivity contribution in [2.45, 2.75) is 13.5 Å². The van der Waals surface area contributed by atoms with E-state index in [4.69, 9.17) is 0 Å². The Hall–Kier alpha value is -2.19. The first-order valence-electron chi connectivity index (χ1n) is 8.18. The fourth-order valence-corrected chi connectivity index (χ4v) is 4.41. The van der Waals surface area contributed by atoms with E-state index >= 15 is 0 Å². The molecule has 0 saturated carbocycles. The van der Waals surface area contributed by atoms with E-state index in [9.17, 15) is 4.79 Å². The van der Waals surface area contributed by atoms with Gasteiger partial charge in [-0.25, -0.2) is 0 Å². The number of fused-ring (bicyclic) bond motifs is 1. The number of thiophene rings is 1. The minimum Gasteiger partial charge on any atom is -0.320 e. The van der Waals surface area contributed by atoms with E-state index in [0.29, 0.717) is 11.4 Å². The number of rotatable bonds is 4. The average molecular weight is 473 g/mol. The maximum absolute atomic E-state index is 12.7. The molecule has 1 N–H and O–H groups in total. The fourth-order valence-electron chi connectivity index (χ4n) is 2.83. The summed E-state index contributed by atoms with van der Waals surface area (Å²) in [5.74, 6) is -0.0824. The van der Waals surface area contributed by atoms with E-state index in [0.717, 1.165) is 25.2 Å². The number of benzene rings is 2. The van der Waals surface area contributed by atoms with Crippen LogP contribution in [0.1, 0.15) is 20.9 Å². The van der Waals surface area contributed by atoms with Gasteiger partial charge in [-0.1, -0.05) is 42.5 Å². The van der Waals surface area contributed by atoms with Crippen LogP contribution in [0.3, 0.4) is 0 Å². The van der Waals surface area contributed by atoms with Gasteiger partial charge in [0.2, 0.25) is 0 Å². The van der Waals surface area contributed by atoms with Crippen molar-refractivity contribution in [2.75, 3.05) is 5.32 Å². The van der Waals surface area contributed by atoms with Gasteiger partial charge in [0, 0.05) is 8.96 Å². The van der Waals surface area contributed by atoms with Crippen LogP contribution in [0.25, 0.3) is 10.2 Å². The smallest absolute Gasteiger partial charge is 0.265 e. The minimum absolute atomic E-state index is 0.0824. The highest BCUT2D eigenvalue weighted by molar-refractivity contribution is 14.1. The van der Waals surface area contributed by atoms with Gasteiger partial charge in [0.05, 0.1) is 22.8 Å². The lowest BCUT2D eigenvalue weighted by atomic mass is 10.2. The van der Waals surface area contributed by atoms with Gasteiger partial charge in [0.1, 0.15) is 4.83 Å². The number of aromatic nitrogens is 2. The highest BCUT2D eigenvalue weighted by Gasteiger charge is 2.17. The van der Waals surface area contributed by atoms with Crippen molar-refractivity contribution < 1.29 is 4.79 Å². The molecule has 4 aromatic rings. The molecule has 4 nitrogen and oxygen atoms in total. The molecule has 130 valence electrons. The molecule has 0 fully saturated rings. The van der Waals surface area contributed by atoms with E-state index in [2.05, 4.69) is 45.1 Å². The van der Waals surface area contributed by atoms with Gasteiger partial charge in [0.15, 0.2) is 0 Å². The Morgan fingerprint density at radius 1 is 1.15 bits per heavy atom. The topological polar surface area (TPSA) is 46.9 Å². The van der Waals surface area contributed by atoms with Gasteiger partial charge in [-0.2, -0.15) is 5.10 Å². The molecule has 26 heavy (non-hydrogen) atoms. The lowest BCUT2D eigenvalue weighted by Gasteiger charge is -2.05. The highest BCUT2D eigenvalue weighted by Crippen LogP contribution is 2.30. The number of carbonyl (C=O) groups is 1. The molecular formula is C20H16IN3OS. The quantitative estimate of drug-likeness (QED) is 0.409. The van der Waals surface area contributed by atoms with Crippen LogP contribution in [-0.4, -0.2) is 15.7 Å². The fraction of sp³-hybridized carbons (Fsp3) is 0.100. The molecular weight excluding hydrogens is 457 g/mol. The normalized spacial score (nSPS) is 11.0. The predicted molar refractivity (Wildman–Crippen MR) is 115 cm³/mol. The zero-order chi connectivity index (χ0) is 18.1. The number of amides is 1. The maximum atomic E-state index is 12.7. The van der Waals surface area contributed by atoms with Crippen molar-refractivity contribution in [1.82, 2.24) is 9.78 Å². The van der Waals surface area contributed by atoms with Crippen molar-refractivity contribution >= 4 is 55.7 Å². The summed E-state index contributed by atoms with van der Waals surface area (Å²) >= 11 is 3.71. The molecule has 0 aliphatic carbocycles. The Bertz CT molecular complexity index is 1090. The number of carbonyl (C=O) groups excluding carboxylic acids is 1. The van der Waals surface area contributed by atoms with Crippen LogP contribution in [0, 0.1) is 10.5 Å². The second kappa shape index (κ2) is 7.20. The summed E-state index contributed by atoms with van der Waals surface area (Å²) in [7, 11) is 0. The van der Waals surface area contributed by atoms with Crippen LogP contribution < -0.4 is 5.32 Å². The van der Waals surface area contributed by atoms with Crippen LogP contribution in [0.2, 0.25) is 0 Å². The molecule has 2 aromatic carbocycles. The Balaban J connectivity index is 1.64. The van der Waals surface area contributed by atoms with E-state index in [1.807, 2.05) is 60.1 Å². The number of hydrogen-bond donors (Lipinski definition) is 1. The zero-order valence-electron chi connectivity index (χ0n) is 14.1. The highest BCUT2D eigenvalue weighted by atomic mass is 127. The predicted octanol–water partition coefficient (Wildman–Crippen LogP) is 5.31. The average Bonchev–Trinajstić information content (AvgIpc) is 3.20. The Morgan fingerprint density at radius 2 is 1.88 bits per heavy atom. The van der Waals surface area contributed by atoms with Crippen LogP contribution in [-0.2, 0) is 6.54 Å². The molecule has 0 unspecified atom stereocenters. The van der Waals surface area contributed by atoms with E-state index in [-0.39, 0.29) is 5.91 Å². The molecule has 0 aliphatic rings. The SMILES string of the molecule is Cc1nn(Cc2ccccc2)c2sc(C(=O)Nc3ccccc3I)cc12. The first-order chi connectivity index (χ1) is 12.6. The lowest BCUT2D eigenvalue weighted by molar-refractivity contribution is 0.103. The second-order valence-electron chi connectivity index (χ2n) is 5.99. The summed E-state index contributed by atoms with van der Waals surface area (Å²) in [5, 5.41) is 8.68. The van der Waals surface area contributed by atoms with Crippen molar-refractivity contribution in [3.8, 4) is 0 Å². The van der Waals surface area contributed by atoms with Gasteiger partial charge < -0.3 is 5.32 Å². The number of nitrogens with one attached hydrogen (secondary N) is 1. The van der Waals surface area contributed by atoms with Gasteiger partial charge in [-0.15, -0.1) is 11.3 Å². The standard InChI is InChI=1S/C20H16IN3OS/c1-13-15-11-18(19(25)22-17-10-6-5-9-16(17)21)26-20(15)24(23-13)12-14-7-3-2-4-8-14/h2-11H,12H2,1H3,(H,22,25). The van der Waals surface area contributed by atoms with Gasteiger partial charge >= 0.3 is 0 Å². The van der Waals surface area contributed by atoms with Gasteiger partial charge in [-0.05, 0) is 53.3 Å². The van der Waals surface area contributed by atoms with E-state index in [1.54, 1.807) is 0 Å². The molecule has 0 atom stereocenters. The third-order valence-electron chi connectivity index (χ3n) is 4.13. The number of aryl methyl sites for hydroxylation is 1. The largest absolute Gasteiger partial charge is 0.320 e. The number of anilines is 1. The molecule has 0 radical (unpaired) electrons. The summed E-state index contributed by atoms with van der Waals surface area (Å²) in [6.07, 6.45) is 0. The number of halogens is 1. The molecule has 6 heteroatoms. The van der Waals surface area contributed by atoms with Crippen LogP contribution in [0.5, 0.6) is 0 Å². The molecule has 2 heterocycles. The van der Waals surface area contributed by atoms with Crippen molar-refractivity contribution in [1.29, 1.82) is 0 Å². The molecule has 0 saturated heterocycles. The zero-order valence-corrected chi connectivity index (χ0v) is 17.0. The summed E-state index contributed by atoms with van der Waals surface area (Å²) in [5.41, 5.74) is 2.97. The van der Waals surface area contributed by atoms with Crippen molar-refractivity contribution in [2.24, 2.45) is 0 Å². The Morgan fingerprint density at radius 3 is 2.65 bits per heavy atom. The Labute approximate surface area is 169 Å². The van der Waals surface area contributed by atoms with Crippen molar-refractivity contribution in [3.63, 3.8) is 0 Å². The third kappa shape index (κ3) is 3.39. The van der Waals surface area contributed by atoms with E-state index < -0.39 is 0 Å². The van der Waals surface area contributed by atoms with Gasteiger partial charge in [0.25, 0.3) is 5.91 Å². The van der Waals surface area contributed by atoms with Crippen LogP contribution >= 0.6 is 33.9 Å². The molecule has 4 rings (SSSR count). The molecule has 0 spiro atoms.